The maximum atomic E-state index is 13.8. The molecule has 1 unspecified atom stereocenters. The minimum absolute atomic E-state index is 0.123. The Balaban J connectivity index is 0.925. The highest BCUT2D eigenvalue weighted by molar-refractivity contribution is 6.31. The van der Waals surface area contributed by atoms with Gasteiger partial charge in [-0.3, -0.25) is 4.79 Å². The summed E-state index contributed by atoms with van der Waals surface area (Å²) in [5, 5.41) is 4.35. The summed E-state index contributed by atoms with van der Waals surface area (Å²) in [6.45, 7) is 7.30. The summed E-state index contributed by atoms with van der Waals surface area (Å²) in [7, 11) is 0. The summed E-state index contributed by atoms with van der Waals surface area (Å²) in [6.07, 6.45) is 6.20. The zero-order chi connectivity index (χ0) is 34.8. The first-order valence-corrected chi connectivity index (χ1v) is 16.8. The number of nitrogens with zero attached hydrogens (tertiary/aromatic N) is 7. The number of carbonyl (C=O) groups is 1. The highest BCUT2D eigenvalue weighted by atomic mass is 35.5. The van der Waals surface area contributed by atoms with E-state index in [1.165, 1.54) is 34.6 Å². The zero-order valence-electron chi connectivity index (χ0n) is 27.7. The van der Waals surface area contributed by atoms with Gasteiger partial charge in [0.1, 0.15) is 36.6 Å². The van der Waals surface area contributed by atoms with E-state index < -0.39 is 17.6 Å². The Morgan fingerprint density at radius 2 is 1.66 bits per heavy atom. The Morgan fingerprint density at radius 1 is 1.00 bits per heavy atom. The van der Waals surface area contributed by atoms with E-state index in [-0.39, 0.29) is 35.8 Å². The molecule has 4 heterocycles. The van der Waals surface area contributed by atoms with Gasteiger partial charge in [-0.1, -0.05) is 11.6 Å². The van der Waals surface area contributed by atoms with Crippen LogP contribution >= 0.6 is 11.6 Å². The first-order chi connectivity index (χ1) is 24.2. The average molecular weight is 702 g/mol. The van der Waals surface area contributed by atoms with Gasteiger partial charge < -0.3 is 28.6 Å². The predicted octanol–water partition coefficient (Wildman–Crippen LogP) is 4.85. The van der Waals surface area contributed by atoms with E-state index in [1.54, 1.807) is 31.7 Å². The molecule has 2 aliphatic rings. The van der Waals surface area contributed by atoms with Crippen LogP contribution in [0.5, 0.6) is 5.75 Å². The molecule has 3 aromatic carbocycles. The van der Waals surface area contributed by atoms with E-state index in [0.29, 0.717) is 23.5 Å². The number of ether oxygens (including phenoxy) is 3. The standard InChI is InChI=1S/C36H37ClFN7O5/c1-25(26(2)46)45-35(47)44(24-40-45)30-6-4-28(5-7-30)42-15-17-43(18-16-42)29-8-10-31(11-9-29)48-20-32-21-49-36(50-32,22-41-14-13-39-23-41)33-12-3-27(38)19-34(33)37/h3-14,19,23-25,32H,15-18,20-22H2,1-2H3/t25?,32-,36-/m1/s1. The molecule has 260 valence electrons. The molecular weight excluding hydrogens is 665 g/mol. The van der Waals surface area contributed by atoms with Crippen LogP contribution in [0.25, 0.3) is 5.69 Å². The Kier molecular flexibility index (Phi) is 9.45. The maximum absolute atomic E-state index is 13.8. The fraction of sp³-hybridized carbons (Fsp3) is 0.333. The van der Waals surface area contributed by atoms with Gasteiger partial charge in [0.15, 0.2) is 5.78 Å². The van der Waals surface area contributed by atoms with Crippen LogP contribution in [-0.2, 0) is 26.6 Å². The zero-order valence-corrected chi connectivity index (χ0v) is 28.4. The van der Waals surface area contributed by atoms with Crippen LogP contribution < -0.4 is 20.2 Å². The van der Waals surface area contributed by atoms with Gasteiger partial charge >= 0.3 is 5.69 Å². The van der Waals surface area contributed by atoms with Crippen molar-refractivity contribution in [2.75, 3.05) is 49.2 Å². The lowest BCUT2D eigenvalue weighted by molar-refractivity contribution is -0.189. The number of carbonyl (C=O) groups excluding carboxylic acids is 1. The van der Waals surface area contributed by atoms with E-state index >= 15 is 0 Å². The van der Waals surface area contributed by atoms with Gasteiger partial charge in [0.25, 0.3) is 0 Å². The third kappa shape index (κ3) is 6.89. The first-order valence-electron chi connectivity index (χ1n) is 16.4. The van der Waals surface area contributed by atoms with E-state index in [2.05, 4.69) is 32.0 Å². The molecule has 0 saturated carbocycles. The van der Waals surface area contributed by atoms with Crippen molar-refractivity contribution in [3.63, 3.8) is 0 Å². The summed E-state index contributed by atoms with van der Waals surface area (Å²) in [5.74, 6) is -1.06. The molecule has 50 heavy (non-hydrogen) atoms. The summed E-state index contributed by atoms with van der Waals surface area (Å²) < 4.78 is 37.1. The number of Topliss-reactive ketones (excluding diaryl/α,β-unsaturated/α-hetero) is 1. The molecule has 7 rings (SSSR count). The van der Waals surface area contributed by atoms with Crippen molar-refractivity contribution in [3.05, 3.63) is 119 Å². The van der Waals surface area contributed by atoms with Crippen LogP contribution in [0.15, 0.2) is 96.6 Å². The lowest BCUT2D eigenvalue weighted by Gasteiger charge is -2.37. The molecule has 2 aliphatic heterocycles. The van der Waals surface area contributed by atoms with Crippen LogP contribution in [-0.4, -0.2) is 75.2 Å². The number of piperazine rings is 1. The number of ketones is 1. The van der Waals surface area contributed by atoms with E-state index in [0.717, 1.165) is 37.6 Å². The number of aromatic nitrogens is 5. The lowest BCUT2D eigenvalue weighted by atomic mass is 10.1. The van der Waals surface area contributed by atoms with Gasteiger partial charge in [-0.2, -0.15) is 5.10 Å². The molecule has 0 N–H and O–H groups in total. The minimum atomic E-state index is -1.22. The van der Waals surface area contributed by atoms with E-state index in [4.69, 9.17) is 25.8 Å². The number of halogens is 2. The molecule has 0 aliphatic carbocycles. The quantitative estimate of drug-likeness (QED) is 0.191. The predicted molar refractivity (Wildman–Crippen MR) is 186 cm³/mol. The van der Waals surface area contributed by atoms with Gasteiger partial charge in [0.2, 0.25) is 5.79 Å². The second-order valence-corrected chi connectivity index (χ2v) is 12.9. The van der Waals surface area contributed by atoms with Gasteiger partial charge in [-0.05, 0) is 80.6 Å². The second-order valence-electron chi connectivity index (χ2n) is 12.5. The van der Waals surface area contributed by atoms with Crippen LogP contribution in [0, 0.1) is 5.82 Å². The highest BCUT2D eigenvalue weighted by Gasteiger charge is 2.45. The molecule has 2 fully saturated rings. The van der Waals surface area contributed by atoms with Crippen molar-refractivity contribution in [3.8, 4) is 11.4 Å². The van der Waals surface area contributed by atoms with Crippen molar-refractivity contribution in [2.45, 2.75) is 38.3 Å². The largest absolute Gasteiger partial charge is 0.491 e. The molecule has 0 bridgehead atoms. The van der Waals surface area contributed by atoms with Crippen LogP contribution in [0.4, 0.5) is 15.8 Å². The number of imidazole rings is 1. The van der Waals surface area contributed by atoms with Gasteiger partial charge in [0.05, 0.1) is 30.2 Å². The number of rotatable bonds is 11. The number of hydrogen-bond donors (Lipinski definition) is 0. The molecule has 2 saturated heterocycles. The van der Waals surface area contributed by atoms with Crippen LogP contribution in [0.1, 0.15) is 25.5 Å². The topological polar surface area (TPSA) is 109 Å². The average Bonchev–Trinajstić information content (AvgIpc) is 3.88. The Hall–Kier alpha value is -4.98. The van der Waals surface area contributed by atoms with E-state index in [1.807, 2.05) is 41.0 Å². The first kappa shape index (κ1) is 33.5. The molecule has 0 spiro atoms. The van der Waals surface area contributed by atoms with Crippen molar-refractivity contribution in [1.82, 2.24) is 23.9 Å². The minimum Gasteiger partial charge on any atom is -0.491 e. The van der Waals surface area contributed by atoms with Crippen LogP contribution in [0.2, 0.25) is 5.02 Å². The molecular formula is C36H37ClFN7O5. The monoisotopic (exact) mass is 701 g/mol. The summed E-state index contributed by atoms with van der Waals surface area (Å²) in [5.41, 5.74) is 3.07. The molecule has 2 aromatic heterocycles. The smallest absolute Gasteiger partial charge is 0.351 e. The molecule has 5 aromatic rings. The van der Waals surface area contributed by atoms with Gasteiger partial charge in [0, 0.05) is 55.5 Å². The van der Waals surface area contributed by atoms with Crippen LogP contribution in [0.3, 0.4) is 0 Å². The lowest BCUT2D eigenvalue weighted by Crippen LogP contribution is -2.46. The van der Waals surface area contributed by atoms with Crippen molar-refractivity contribution < 1.29 is 23.4 Å². The van der Waals surface area contributed by atoms with E-state index in [9.17, 15) is 14.0 Å². The molecule has 0 amide bonds. The van der Waals surface area contributed by atoms with Crippen molar-refractivity contribution >= 4 is 28.8 Å². The second kappa shape index (κ2) is 14.1. The third-order valence-corrected chi connectivity index (χ3v) is 9.52. The number of hydrogen-bond acceptors (Lipinski definition) is 9. The molecule has 0 radical (unpaired) electrons. The fourth-order valence-electron chi connectivity index (χ4n) is 6.30. The fourth-order valence-corrected chi connectivity index (χ4v) is 6.61. The summed E-state index contributed by atoms with van der Waals surface area (Å²) >= 11 is 6.44. The highest BCUT2D eigenvalue weighted by Crippen LogP contribution is 2.40. The Bertz CT molecular complexity index is 1990. The third-order valence-electron chi connectivity index (χ3n) is 9.21. The molecule has 14 heteroatoms. The molecule has 3 atom stereocenters. The summed E-state index contributed by atoms with van der Waals surface area (Å²) in [4.78, 5) is 33.3. The van der Waals surface area contributed by atoms with Gasteiger partial charge in [-0.25, -0.2) is 23.4 Å². The number of benzene rings is 3. The number of anilines is 2. The Morgan fingerprint density at radius 3 is 2.28 bits per heavy atom. The molecule has 12 nitrogen and oxygen atoms in total. The van der Waals surface area contributed by atoms with Gasteiger partial charge in [-0.15, -0.1) is 0 Å². The Labute approximate surface area is 293 Å². The van der Waals surface area contributed by atoms with Crippen molar-refractivity contribution in [1.29, 1.82) is 0 Å². The normalized spacial score (nSPS) is 19.9. The van der Waals surface area contributed by atoms with Crippen molar-refractivity contribution in [2.24, 2.45) is 0 Å². The SMILES string of the molecule is CC(=O)C(C)n1ncn(-c2ccc(N3CCN(c4ccc(OC[C@@H]5CO[C@@](Cn6ccnc6)(c6ccc(F)cc6Cl)O5)cc4)CC3)cc2)c1=O. The maximum Gasteiger partial charge on any atom is 0.351 e. The summed E-state index contributed by atoms with van der Waals surface area (Å²) in [6, 6.07) is 19.4.